The van der Waals surface area contributed by atoms with E-state index in [4.69, 9.17) is 0 Å². The molecule has 0 aliphatic carbocycles. The van der Waals surface area contributed by atoms with Gasteiger partial charge in [-0.05, 0) is 12.1 Å². The van der Waals surface area contributed by atoms with Gasteiger partial charge in [0, 0.05) is 4.90 Å². The predicted molar refractivity (Wildman–Crippen MR) is 61.4 cm³/mol. The third kappa shape index (κ3) is 3.04. The molecular formula is C10H8FN3O2S. The van der Waals surface area contributed by atoms with Gasteiger partial charge in [0.2, 0.25) is 0 Å². The molecule has 0 saturated heterocycles. The topological polar surface area (TPSA) is 78.6 Å². The molecule has 7 heteroatoms. The molecule has 0 bridgehead atoms. The number of benzene rings is 1. The number of hydrogen-bond acceptors (Lipinski definition) is 4. The van der Waals surface area contributed by atoms with Crippen LogP contribution in [0.25, 0.3) is 0 Å². The van der Waals surface area contributed by atoms with Crippen molar-refractivity contribution in [2.24, 2.45) is 0 Å². The van der Waals surface area contributed by atoms with E-state index in [-0.39, 0.29) is 17.4 Å². The highest BCUT2D eigenvalue weighted by atomic mass is 32.2. The average Bonchev–Trinajstić information content (AvgIpc) is 2.27. The van der Waals surface area contributed by atoms with Crippen molar-refractivity contribution in [2.45, 2.75) is 10.6 Å². The molecule has 5 nitrogen and oxygen atoms in total. The maximum absolute atomic E-state index is 13.3. The molecule has 0 aliphatic rings. The minimum atomic E-state index is -0.710. The van der Waals surface area contributed by atoms with Crippen molar-refractivity contribution in [3.05, 3.63) is 56.9 Å². The summed E-state index contributed by atoms with van der Waals surface area (Å²) in [6.45, 7) is 0. The normalized spacial score (nSPS) is 10.4. The fraction of sp³-hybridized carbons (Fsp3) is 0.100. The largest absolute Gasteiger partial charge is 0.350 e. The molecule has 0 radical (unpaired) electrons. The summed E-state index contributed by atoms with van der Waals surface area (Å²) in [4.78, 5) is 30.2. The molecule has 0 aliphatic heterocycles. The van der Waals surface area contributed by atoms with Crippen molar-refractivity contribution < 1.29 is 4.39 Å². The molecule has 0 fully saturated rings. The van der Waals surface area contributed by atoms with E-state index in [9.17, 15) is 14.0 Å². The fourth-order valence-electron chi connectivity index (χ4n) is 1.21. The Morgan fingerprint density at radius 3 is 2.71 bits per heavy atom. The highest BCUT2D eigenvalue weighted by molar-refractivity contribution is 7.98. The van der Waals surface area contributed by atoms with Gasteiger partial charge in [-0.25, -0.2) is 14.0 Å². The first kappa shape index (κ1) is 11.6. The smallest absolute Gasteiger partial charge is 0.295 e. The van der Waals surface area contributed by atoms with E-state index < -0.39 is 11.4 Å². The second-order valence-corrected chi connectivity index (χ2v) is 4.18. The zero-order chi connectivity index (χ0) is 12.3. The number of nitrogens with zero attached hydrogens (tertiary/aromatic N) is 1. The number of halogens is 1. The van der Waals surface area contributed by atoms with Crippen LogP contribution < -0.4 is 11.4 Å². The van der Waals surface area contributed by atoms with Crippen LogP contribution in [0.1, 0.15) is 5.82 Å². The molecule has 1 heterocycles. The van der Waals surface area contributed by atoms with Crippen LogP contribution in [0.3, 0.4) is 0 Å². The number of aromatic nitrogens is 3. The first-order chi connectivity index (χ1) is 8.15. The standard InChI is InChI=1S/C10H8FN3O2S/c11-6-3-1-2-4-7(6)17-5-8-12-9(15)14-10(16)13-8/h1-4H,5H2,(H2,12,13,14,15,16). The van der Waals surface area contributed by atoms with Gasteiger partial charge in [0.15, 0.2) is 0 Å². The zero-order valence-electron chi connectivity index (χ0n) is 8.57. The van der Waals surface area contributed by atoms with Crippen LogP contribution in [0, 0.1) is 5.82 Å². The Labute approximate surface area is 99.1 Å². The summed E-state index contributed by atoms with van der Waals surface area (Å²) >= 11 is 1.16. The van der Waals surface area contributed by atoms with Gasteiger partial charge in [0.1, 0.15) is 11.6 Å². The molecule has 1 aromatic carbocycles. The molecule has 0 amide bonds. The van der Waals surface area contributed by atoms with Crippen LogP contribution in [-0.4, -0.2) is 15.0 Å². The third-order valence-electron chi connectivity index (χ3n) is 1.92. The van der Waals surface area contributed by atoms with Crippen molar-refractivity contribution in [1.29, 1.82) is 0 Å². The summed E-state index contributed by atoms with van der Waals surface area (Å²) in [5.74, 6) is 0.0943. The van der Waals surface area contributed by atoms with Crippen LogP contribution in [-0.2, 0) is 5.75 Å². The lowest BCUT2D eigenvalue weighted by Gasteiger charge is -2.01. The molecule has 2 N–H and O–H groups in total. The van der Waals surface area contributed by atoms with Gasteiger partial charge in [0.25, 0.3) is 0 Å². The molecule has 2 aromatic rings. The zero-order valence-corrected chi connectivity index (χ0v) is 9.38. The second kappa shape index (κ2) is 4.96. The number of thioether (sulfide) groups is 1. The van der Waals surface area contributed by atoms with Crippen LogP contribution in [0.2, 0.25) is 0 Å². The number of hydrogen-bond donors (Lipinski definition) is 2. The Kier molecular flexibility index (Phi) is 3.38. The van der Waals surface area contributed by atoms with Gasteiger partial charge >= 0.3 is 11.4 Å². The lowest BCUT2D eigenvalue weighted by atomic mass is 10.3. The molecule has 0 saturated carbocycles. The number of rotatable bonds is 3. The third-order valence-corrected chi connectivity index (χ3v) is 2.98. The van der Waals surface area contributed by atoms with E-state index in [0.717, 1.165) is 11.8 Å². The maximum atomic E-state index is 13.3. The molecule has 17 heavy (non-hydrogen) atoms. The molecule has 0 atom stereocenters. The maximum Gasteiger partial charge on any atom is 0.350 e. The van der Waals surface area contributed by atoms with Crippen molar-refractivity contribution in [2.75, 3.05) is 0 Å². The molecular weight excluding hydrogens is 245 g/mol. The second-order valence-electron chi connectivity index (χ2n) is 3.16. The monoisotopic (exact) mass is 253 g/mol. The van der Waals surface area contributed by atoms with E-state index in [1.807, 2.05) is 4.98 Å². The summed E-state index contributed by atoms with van der Waals surface area (Å²) in [5.41, 5.74) is -1.33. The molecule has 2 rings (SSSR count). The predicted octanol–water partition coefficient (Wildman–Crippen LogP) is 0.890. The van der Waals surface area contributed by atoms with Gasteiger partial charge in [-0.1, -0.05) is 12.1 Å². The number of nitrogens with one attached hydrogen (secondary N) is 2. The highest BCUT2D eigenvalue weighted by Crippen LogP contribution is 2.23. The van der Waals surface area contributed by atoms with Gasteiger partial charge in [-0.3, -0.25) is 9.97 Å². The highest BCUT2D eigenvalue weighted by Gasteiger charge is 2.04. The summed E-state index contributed by atoms with van der Waals surface area (Å²) in [6.07, 6.45) is 0. The Hall–Kier alpha value is -1.89. The van der Waals surface area contributed by atoms with Crippen LogP contribution in [0.15, 0.2) is 38.8 Å². The van der Waals surface area contributed by atoms with Crippen molar-refractivity contribution in [3.63, 3.8) is 0 Å². The number of H-pyrrole nitrogens is 2. The van der Waals surface area contributed by atoms with Crippen molar-refractivity contribution >= 4 is 11.8 Å². The lowest BCUT2D eigenvalue weighted by Crippen LogP contribution is -2.26. The Morgan fingerprint density at radius 2 is 2.00 bits per heavy atom. The molecule has 0 spiro atoms. The first-order valence-electron chi connectivity index (χ1n) is 4.72. The molecule has 88 valence electrons. The van der Waals surface area contributed by atoms with Gasteiger partial charge in [-0.15, -0.1) is 11.8 Å². The summed E-state index contributed by atoms with van der Waals surface area (Å²) in [6, 6.07) is 6.26. The lowest BCUT2D eigenvalue weighted by molar-refractivity contribution is 0.602. The van der Waals surface area contributed by atoms with Crippen molar-refractivity contribution in [1.82, 2.24) is 15.0 Å². The SMILES string of the molecule is O=c1nc(CSc2ccccc2F)[nH]c(=O)[nH]1. The summed E-state index contributed by atoms with van der Waals surface area (Å²) in [7, 11) is 0. The van der Waals surface area contributed by atoms with Crippen molar-refractivity contribution in [3.8, 4) is 0 Å². The van der Waals surface area contributed by atoms with E-state index in [2.05, 4.69) is 9.97 Å². The van der Waals surface area contributed by atoms with E-state index in [1.165, 1.54) is 6.07 Å². The molecule has 0 unspecified atom stereocenters. The summed E-state index contributed by atoms with van der Waals surface area (Å²) < 4.78 is 13.3. The van der Waals surface area contributed by atoms with Crippen LogP contribution in [0.5, 0.6) is 0 Å². The Morgan fingerprint density at radius 1 is 1.24 bits per heavy atom. The van der Waals surface area contributed by atoms with Gasteiger partial charge in [-0.2, -0.15) is 4.98 Å². The average molecular weight is 253 g/mol. The Balaban J connectivity index is 2.15. The van der Waals surface area contributed by atoms with Gasteiger partial charge < -0.3 is 0 Å². The van der Waals surface area contributed by atoms with Gasteiger partial charge in [0.05, 0.1) is 5.75 Å². The minimum absolute atomic E-state index is 0.215. The van der Waals surface area contributed by atoms with E-state index >= 15 is 0 Å². The minimum Gasteiger partial charge on any atom is -0.295 e. The Bertz CT molecular complexity index is 609. The first-order valence-corrected chi connectivity index (χ1v) is 5.70. The van der Waals surface area contributed by atoms with Crippen LogP contribution in [0.4, 0.5) is 4.39 Å². The number of aromatic amines is 2. The van der Waals surface area contributed by atoms with Crippen LogP contribution >= 0.6 is 11.8 Å². The van der Waals surface area contributed by atoms with E-state index in [0.29, 0.717) is 4.90 Å². The van der Waals surface area contributed by atoms with E-state index in [1.54, 1.807) is 18.2 Å². The fourth-order valence-corrected chi connectivity index (χ4v) is 2.02. The summed E-state index contributed by atoms with van der Waals surface area (Å²) in [5, 5.41) is 0. The quantitative estimate of drug-likeness (QED) is 0.796. The molecule has 1 aromatic heterocycles.